The minimum absolute atomic E-state index is 0.248. The normalized spacial score (nSPS) is 14.9. The van der Waals surface area contributed by atoms with Crippen LogP contribution in [0.4, 0.5) is 5.13 Å². The van der Waals surface area contributed by atoms with Crippen molar-refractivity contribution in [3.05, 3.63) is 16.5 Å². The van der Waals surface area contributed by atoms with E-state index < -0.39 is 0 Å². The van der Waals surface area contributed by atoms with Crippen LogP contribution in [0.2, 0.25) is 0 Å². The van der Waals surface area contributed by atoms with Crippen LogP contribution in [0.3, 0.4) is 0 Å². The monoisotopic (exact) mass is 270 g/mol. The molecule has 0 atom stereocenters. The lowest BCUT2D eigenvalue weighted by Crippen LogP contribution is -2.31. The van der Waals surface area contributed by atoms with Crippen LogP contribution < -0.4 is 11.1 Å². The van der Waals surface area contributed by atoms with Gasteiger partial charge in [-0.3, -0.25) is 4.79 Å². The van der Waals surface area contributed by atoms with Crippen LogP contribution >= 0.6 is 11.3 Å². The third-order valence-electron chi connectivity index (χ3n) is 2.28. The summed E-state index contributed by atoms with van der Waals surface area (Å²) >= 11 is 1.31. The average Bonchev–Trinajstić information content (AvgIpc) is 2.75. The first-order chi connectivity index (χ1) is 8.66. The Labute approximate surface area is 108 Å². The molecule has 18 heavy (non-hydrogen) atoms. The second kappa shape index (κ2) is 5.67. The summed E-state index contributed by atoms with van der Waals surface area (Å²) in [4.78, 5) is 11.8. The Morgan fingerprint density at radius 1 is 1.44 bits per heavy atom. The Bertz CT molecular complexity index is 471. The Morgan fingerprint density at radius 2 is 2.22 bits per heavy atom. The lowest BCUT2D eigenvalue weighted by atomic mass is 10.3. The van der Waals surface area contributed by atoms with E-state index in [2.05, 4.69) is 15.5 Å². The SMILES string of the molecule is CC1=C(C(=O)NCCc2nnc(N)s2)OCCO1. The number of anilines is 1. The second-order valence-electron chi connectivity index (χ2n) is 3.62. The van der Waals surface area contributed by atoms with Gasteiger partial charge in [0.2, 0.25) is 10.9 Å². The molecule has 0 spiro atoms. The lowest BCUT2D eigenvalue weighted by molar-refractivity contribution is -0.122. The molecule has 7 nitrogen and oxygen atoms in total. The summed E-state index contributed by atoms with van der Waals surface area (Å²) in [5, 5.41) is 11.5. The molecule has 98 valence electrons. The molecule has 0 saturated carbocycles. The number of allylic oxidation sites excluding steroid dienone is 1. The van der Waals surface area contributed by atoms with Crippen LogP contribution in [-0.4, -0.2) is 35.9 Å². The van der Waals surface area contributed by atoms with Gasteiger partial charge < -0.3 is 20.5 Å². The van der Waals surface area contributed by atoms with Crippen molar-refractivity contribution in [2.45, 2.75) is 13.3 Å². The van der Waals surface area contributed by atoms with Crippen LogP contribution in [0.1, 0.15) is 11.9 Å². The van der Waals surface area contributed by atoms with Crippen molar-refractivity contribution in [3.8, 4) is 0 Å². The molecule has 1 aliphatic rings. The molecular formula is C10H14N4O3S. The summed E-state index contributed by atoms with van der Waals surface area (Å²) in [6.45, 7) is 3.03. The Kier molecular flexibility index (Phi) is 3.98. The number of carbonyl (C=O) groups excluding carboxylic acids is 1. The van der Waals surface area contributed by atoms with E-state index in [0.717, 1.165) is 5.01 Å². The number of aromatic nitrogens is 2. The molecule has 0 aromatic carbocycles. The molecule has 0 saturated heterocycles. The number of ether oxygens (including phenoxy) is 2. The van der Waals surface area contributed by atoms with Gasteiger partial charge in [0.1, 0.15) is 24.0 Å². The number of nitrogens with one attached hydrogen (secondary N) is 1. The van der Waals surface area contributed by atoms with Crippen molar-refractivity contribution in [3.63, 3.8) is 0 Å². The number of hydrogen-bond acceptors (Lipinski definition) is 7. The summed E-state index contributed by atoms with van der Waals surface area (Å²) < 4.78 is 10.5. The standard InChI is InChI=1S/C10H14N4O3S/c1-6-8(17-5-4-16-6)9(15)12-3-2-7-13-14-10(11)18-7/h2-5H2,1H3,(H2,11,14)(H,12,15). The molecule has 0 aliphatic carbocycles. The number of carbonyl (C=O) groups is 1. The zero-order valence-corrected chi connectivity index (χ0v) is 10.7. The van der Waals surface area contributed by atoms with Crippen molar-refractivity contribution in [1.82, 2.24) is 15.5 Å². The van der Waals surface area contributed by atoms with Crippen LogP contribution in [0.25, 0.3) is 0 Å². The predicted molar refractivity (Wildman–Crippen MR) is 65.6 cm³/mol. The van der Waals surface area contributed by atoms with Crippen LogP contribution in [0.5, 0.6) is 0 Å². The van der Waals surface area contributed by atoms with E-state index in [0.29, 0.717) is 37.1 Å². The van der Waals surface area contributed by atoms with Gasteiger partial charge in [-0.15, -0.1) is 10.2 Å². The molecule has 8 heteroatoms. The number of hydrogen-bond donors (Lipinski definition) is 2. The van der Waals surface area contributed by atoms with Crippen LogP contribution in [0, 0.1) is 0 Å². The molecular weight excluding hydrogens is 256 g/mol. The Balaban J connectivity index is 1.81. The molecule has 1 aliphatic heterocycles. The van der Waals surface area contributed by atoms with Gasteiger partial charge in [0.05, 0.1) is 0 Å². The number of amides is 1. The van der Waals surface area contributed by atoms with E-state index in [-0.39, 0.29) is 11.7 Å². The first kappa shape index (κ1) is 12.6. The minimum atomic E-state index is -0.273. The second-order valence-corrected chi connectivity index (χ2v) is 4.72. The van der Waals surface area contributed by atoms with Crippen molar-refractivity contribution in [2.24, 2.45) is 0 Å². The fourth-order valence-corrected chi connectivity index (χ4v) is 2.07. The number of nitrogens with zero attached hydrogens (tertiary/aromatic N) is 2. The van der Waals surface area contributed by atoms with Crippen molar-refractivity contribution >= 4 is 22.4 Å². The average molecular weight is 270 g/mol. The van der Waals surface area contributed by atoms with Gasteiger partial charge in [0.25, 0.3) is 5.91 Å². The highest BCUT2D eigenvalue weighted by Gasteiger charge is 2.19. The smallest absolute Gasteiger partial charge is 0.289 e. The quantitative estimate of drug-likeness (QED) is 0.802. The molecule has 3 N–H and O–H groups in total. The largest absolute Gasteiger partial charge is 0.491 e. The van der Waals surface area contributed by atoms with E-state index in [9.17, 15) is 4.79 Å². The molecule has 2 heterocycles. The van der Waals surface area contributed by atoms with Crippen molar-refractivity contribution < 1.29 is 14.3 Å². The third-order valence-corrected chi connectivity index (χ3v) is 3.09. The molecule has 2 rings (SSSR count). The van der Waals surface area contributed by atoms with Crippen LogP contribution in [-0.2, 0) is 20.7 Å². The third kappa shape index (κ3) is 3.10. The summed E-state index contributed by atoms with van der Waals surface area (Å²) in [7, 11) is 0. The van der Waals surface area contributed by atoms with E-state index in [1.54, 1.807) is 6.92 Å². The summed E-state index contributed by atoms with van der Waals surface area (Å²) in [5.41, 5.74) is 5.46. The van der Waals surface area contributed by atoms with Crippen LogP contribution in [0.15, 0.2) is 11.5 Å². The summed E-state index contributed by atoms with van der Waals surface area (Å²) in [6, 6.07) is 0. The van der Waals surface area contributed by atoms with E-state index in [4.69, 9.17) is 15.2 Å². The van der Waals surface area contributed by atoms with Gasteiger partial charge in [-0.1, -0.05) is 11.3 Å². The highest BCUT2D eigenvalue weighted by Crippen LogP contribution is 2.13. The Hall–Kier alpha value is -1.83. The first-order valence-electron chi connectivity index (χ1n) is 5.49. The van der Waals surface area contributed by atoms with Gasteiger partial charge >= 0.3 is 0 Å². The molecule has 1 amide bonds. The number of nitrogen functional groups attached to an aromatic ring is 1. The molecule has 0 fully saturated rings. The van der Waals surface area contributed by atoms with Gasteiger partial charge in [0.15, 0.2) is 0 Å². The number of nitrogens with two attached hydrogens (primary N) is 1. The lowest BCUT2D eigenvalue weighted by Gasteiger charge is -2.19. The molecule has 0 bridgehead atoms. The first-order valence-corrected chi connectivity index (χ1v) is 6.31. The fraction of sp³-hybridized carbons (Fsp3) is 0.500. The predicted octanol–water partition coefficient (Wildman–Crippen LogP) is 0.0573. The van der Waals surface area contributed by atoms with Crippen molar-refractivity contribution in [1.29, 1.82) is 0 Å². The maximum atomic E-state index is 11.8. The van der Waals surface area contributed by atoms with E-state index in [1.165, 1.54) is 11.3 Å². The molecule has 1 aromatic heterocycles. The van der Waals surface area contributed by atoms with Gasteiger partial charge in [0, 0.05) is 13.0 Å². The van der Waals surface area contributed by atoms with Gasteiger partial charge in [-0.05, 0) is 6.92 Å². The maximum absolute atomic E-state index is 11.8. The Morgan fingerprint density at radius 3 is 2.89 bits per heavy atom. The molecule has 0 radical (unpaired) electrons. The summed E-state index contributed by atoms with van der Waals surface area (Å²) in [6.07, 6.45) is 0.591. The maximum Gasteiger partial charge on any atom is 0.289 e. The highest BCUT2D eigenvalue weighted by molar-refractivity contribution is 7.15. The zero-order valence-electron chi connectivity index (χ0n) is 9.93. The fourth-order valence-electron chi connectivity index (χ4n) is 1.46. The van der Waals surface area contributed by atoms with E-state index in [1.807, 2.05) is 0 Å². The summed E-state index contributed by atoms with van der Waals surface area (Å²) in [5.74, 6) is 0.488. The van der Waals surface area contributed by atoms with Gasteiger partial charge in [-0.25, -0.2) is 0 Å². The molecule has 0 unspecified atom stereocenters. The minimum Gasteiger partial charge on any atom is -0.491 e. The molecule has 1 aromatic rings. The van der Waals surface area contributed by atoms with E-state index >= 15 is 0 Å². The topological polar surface area (TPSA) is 99.4 Å². The zero-order chi connectivity index (χ0) is 13.0. The van der Waals surface area contributed by atoms with Gasteiger partial charge in [-0.2, -0.15) is 0 Å². The highest BCUT2D eigenvalue weighted by atomic mass is 32.1. The van der Waals surface area contributed by atoms with Crippen molar-refractivity contribution in [2.75, 3.05) is 25.5 Å². The number of rotatable bonds is 4.